The first-order valence-electron chi connectivity index (χ1n) is 8.53. The molecule has 2 aromatic carbocycles. The van der Waals surface area contributed by atoms with E-state index in [4.69, 9.17) is 0 Å². The molecule has 1 atom stereocenters. The number of fused-ring (bicyclic) bond motifs is 1. The third-order valence-corrected chi connectivity index (χ3v) is 4.42. The Balaban J connectivity index is 1.66. The number of nitrogens with one attached hydrogen (secondary N) is 2. The Bertz CT molecular complexity index is 871. The number of para-hydroxylation sites is 1. The minimum absolute atomic E-state index is 0.0341. The van der Waals surface area contributed by atoms with Crippen LogP contribution in [0.2, 0.25) is 0 Å². The topological polar surface area (TPSA) is 106 Å². The average molecular weight is 354 g/mol. The zero-order chi connectivity index (χ0) is 18.5. The van der Waals surface area contributed by atoms with Gasteiger partial charge in [0, 0.05) is 29.8 Å². The van der Waals surface area contributed by atoms with E-state index >= 15 is 0 Å². The van der Waals surface area contributed by atoms with Crippen molar-refractivity contribution < 1.29 is 20.1 Å². The molecule has 5 N–H and O–H groups in total. The van der Waals surface area contributed by atoms with Gasteiger partial charge in [-0.2, -0.15) is 0 Å². The van der Waals surface area contributed by atoms with Crippen LogP contribution in [0.15, 0.2) is 48.5 Å². The number of benzene rings is 2. The monoisotopic (exact) mass is 354 g/mol. The van der Waals surface area contributed by atoms with Gasteiger partial charge in [-0.05, 0) is 42.0 Å². The zero-order valence-corrected chi connectivity index (χ0v) is 14.3. The fraction of sp³-hybridized carbons (Fsp3) is 0.250. The van der Waals surface area contributed by atoms with E-state index in [1.54, 1.807) is 6.07 Å². The molecule has 6 nitrogen and oxygen atoms in total. The van der Waals surface area contributed by atoms with Gasteiger partial charge in [0.15, 0.2) is 0 Å². The van der Waals surface area contributed by atoms with Crippen molar-refractivity contribution in [1.29, 1.82) is 0 Å². The molecule has 3 rings (SSSR count). The lowest BCUT2D eigenvalue weighted by Crippen LogP contribution is -2.32. The summed E-state index contributed by atoms with van der Waals surface area (Å²) >= 11 is 0. The number of aliphatic hydroxyl groups excluding tert-OH is 1. The highest BCUT2D eigenvalue weighted by molar-refractivity contribution is 5.81. The van der Waals surface area contributed by atoms with Gasteiger partial charge < -0.3 is 25.6 Å². The molecule has 136 valence electrons. The summed E-state index contributed by atoms with van der Waals surface area (Å²) in [5.41, 5.74) is 2.47. The SMILES string of the molecule is O=C(NCc1cc2ccccc2[nH]1)C(CCO)Cc1ccc(O)cc1O. The number of aromatic hydroxyl groups is 2. The molecule has 0 fully saturated rings. The largest absolute Gasteiger partial charge is 0.508 e. The lowest BCUT2D eigenvalue weighted by Gasteiger charge is -2.16. The van der Waals surface area contributed by atoms with Crippen LogP contribution in [-0.2, 0) is 17.8 Å². The van der Waals surface area contributed by atoms with E-state index in [0.717, 1.165) is 16.6 Å². The summed E-state index contributed by atoms with van der Waals surface area (Å²) in [6.45, 7) is 0.236. The molecule has 0 spiro atoms. The Morgan fingerprint density at radius 2 is 1.92 bits per heavy atom. The lowest BCUT2D eigenvalue weighted by atomic mass is 9.95. The van der Waals surface area contributed by atoms with Crippen LogP contribution in [-0.4, -0.2) is 32.8 Å². The van der Waals surface area contributed by atoms with Gasteiger partial charge in [0.1, 0.15) is 11.5 Å². The highest BCUT2D eigenvalue weighted by atomic mass is 16.3. The molecule has 3 aromatic rings. The first-order chi connectivity index (χ1) is 12.6. The summed E-state index contributed by atoms with van der Waals surface area (Å²) < 4.78 is 0. The standard InChI is InChI=1S/C20H22N2O4/c23-8-7-15(9-14-5-6-17(24)11-19(14)25)20(26)21-12-16-10-13-3-1-2-4-18(13)22-16/h1-6,10-11,15,22-25H,7-9,12H2,(H,21,26). The van der Waals surface area contributed by atoms with E-state index in [9.17, 15) is 20.1 Å². The minimum Gasteiger partial charge on any atom is -0.508 e. The van der Waals surface area contributed by atoms with Crippen molar-refractivity contribution in [2.45, 2.75) is 19.4 Å². The van der Waals surface area contributed by atoms with Crippen LogP contribution in [0.25, 0.3) is 10.9 Å². The molecule has 0 radical (unpaired) electrons. The average Bonchev–Trinajstić information content (AvgIpc) is 3.04. The molecule has 26 heavy (non-hydrogen) atoms. The van der Waals surface area contributed by atoms with Crippen molar-refractivity contribution >= 4 is 16.8 Å². The maximum Gasteiger partial charge on any atom is 0.223 e. The number of rotatable bonds is 7. The van der Waals surface area contributed by atoms with Crippen molar-refractivity contribution in [2.24, 2.45) is 5.92 Å². The molecular weight excluding hydrogens is 332 g/mol. The van der Waals surface area contributed by atoms with E-state index in [2.05, 4.69) is 10.3 Å². The number of amides is 1. The summed E-state index contributed by atoms with van der Waals surface area (Å²) in [6.07, 6.45) is 0.573. The quantitative estimate of drug-likeness (QED) is 0.449. The van der Waals surface area contributed by atoms with Crippen molar-refractivity contribution in [3.05, 3.63) is 59.8 Å². The van der Waals surface area contributed by atoms with Crippen LogP contribution in [0, 0.1) is 5.92 Å². The molecule has 0 bridgehead atoms. The van der Waals surface area contributed by atoms with Crippen LogP contribution in [0.1, 0.15) is 17.7 Å². The molecular formula is C20H22N2O4. The van der Waals surface area contributed by atoms with Gasteiger partial charge in [0.25, 0.3) is 0 Å². The van der Waals surface area contributed by atoms with Crippen LogP contribution >= 0.6 is 0 Å². The summed E-state index contributed by atoms with van der Waals surface area (Å²) in [6, 6.07) is 14.2. The Kier molecular flexibility index (Phi) is 5.43. The van der Waals surface area contributed by atoms with Crippen LogP contribution in [0.3, 0.4) is 0 Å². The molecule has 0 saturated carbocycles. The number of aliphatic hydroxyl groups is 1. The molecule has 0 aliphatic rings. The van der Waals surface area contributed by atoms with E-state index < -0.39 is 5.92 Å². The second-order valence-corrected chi connectivity index (χ2v) is 6.33. The highest BCUT2D eigenvalue weighted by Crippen LogP contribution is 2.26. The van der Waals surface area contributed by atoms with E-state index in [0.29, 0.717) is 18.5 Å². The summed E-state index contributed by atoms with van der Waals surface area (Å²) in [5, 5.41) is 32.5. The number of aromatic amines is 1. The van der Waals surface area contributed by atoms with Gasteiger partial charge in [-0.15, -0.1) is 0 Å². The molecule has 1 unspecified atom stereocenters. The fourth-order valence-electron chi connectivity index (χ4n) is 3.03. The number of carbonyl (C=O) groups is 1. The first kappa shape index (κ1) is 17.8. The summed E-state index contributed by atoms with van der Waals surface area (Å²) in [4.78, 5) is 15.8. The van der Waals surface area contributed by atoms with E-state index in [-0.39, 0.29) is 30.4 Å². The number of carbonyl (C=O) groups excluding carboxylic acids is 1. The Labute approximate surface area is 151 Å². The number of hydrogen-bond donors (Lipinski definition) is 5. The first-order valence-corrected chi connectivity index (χ1v) is 8.53. The number of phenolic OH excluding ortho intramolecular Hbond substituents is 2. The molecule has 6 heteroatoms. The summed E-state index contributed by atoms with van der Waals surface area (Å²) in [7, 11) is 0. The van der Waals surface area contributed by atoms with Gasteiger partial charge >= 0.3 is 0 Å². The molecule has 1 aromatic heterocycles. The number of hydrogen-bond acceptors (Lipinski definition) is 4. The Morgan fingerprint density at radius 3 is 2.65 bits per heavy atom. The molecule has 1 heterocycles. The summed E-state index contributed by atoms with van der Waals surface area (Å²) in [5.74, 6) is -0.755. The van der Waals surface area contributed by atoms with Gasteiger partial charge in [-0.3, -0.25) is 4.79 Å². The lowest BCUT2D eigenvalue weighted by molar-refractivity contribution is -0.125. The predicted octanol–water partition coefficient (Wildman–Crippen LogP) is 2.44. The second kappa shape index (κ2) is 7.93. The van der Waals surface area contributed by atoms with Gasteiger partial charge in [0.05, 0.1) is 6.54 Å². The smallest absolute Gasteiger partial charge is 0.223 e. The molecule has 0 aliphatic heterocycles. The van der Waals surface area contributed by atoms with Crippen LogP contribution < -0.4 is 5.32 Å². The van der Waals surface area contributed by atoms with Gasteiger partial charge in [-0.1, -0.05) is 24.3 Å². The minimum atomic E-state index is -0.472. The van der Waals surface area contributed by atoms with Gasteiger partial charge in [0.2, 0.25) is 5.91 Å². The third-order valence-electron chi connectivity index (χ3n) is 4.42. The maximum absolute atomic E-state index is 12.5. The van der Waals surface area contributed by atoms with Crippen LogP contribution in [0.5, 0.6) is 11.5 Å². The fourth-order valence-corrected chi connectivity index (χ4v) is 3.03. The molecule has 1 amide bonds. The van der Waals surface area contributed by atoms with Gasteiger partial charge in [-0.25, -0.2) is 0 Å². The van der Waals surface area contributed by atoms with Crippen molar-refractivity contribution in [1.82, 2.24) is 10.3 Å². The van der Waals surface area contributed by atoms with Crippen LogP contribution in [0.4, 0.5) is 0 Å². The Hall–Kier alpha value is -2.99. The van der Waals surface area contributed by atoms with E-state index in [1.165, 1.54) is 12.1 Å². The highest BCUT2D eigenvalue weighted by Gasteiger charge is 2.20. The number of phenols is 2. The number of H-pyrrole nitrogens is 1. The Morgan fingerprint density at radius 1 is 1.12 bits per heavy atom. The van der Waals surface area contributed by atoms with E-state index in [1.807, 2.05) is 30.3 Å². The maximum atomic E-state index is 12.5. The number of aromatic nitrogens is 1. The predicted molar refractivity (Wildman–Crippen MR) is 98.8 cm³/mol. The zero-order valence-electron chi connectivity index (χ0n) is 14.3. The van der Waals surface area contributed by atoms with Crippen molar-refractivity contribution in [3.8, 4) is 11.5 Å². The molecule has 0 saturated heterocycles. The van der Waals surface area contributed by atoms with Crippen molar-refractivity contribution in [3.63, 3.8) is 0 Å². The van der Waals surface area contributed by atoms with Crippen molar-refractivity contribution in [2.75, 3.05) is 6.61 Å². The second-order valence-electron chi connectivity index (χ2n) is 6.33. The molecule has 0 aliphatic carbocycles. The normalized spacial score (nSPS) is 12.2. The third kappa shape index (κ3) is 4.15.